The molecule has 2 amide bonds. The van der Waals surface area contributed by atoms with E-state index in [2.05, 4.69) is 5.32 Å². The Bertz CT molecular complexity index is 1360. The van der Waals surface area contributed by atoms with Gasteiger partial charge in [-0.1, -0.05) is 29.8 Å². The fraction of sp³-hybridized carbons (Fsp3) is 0.310. The number of benzene rings is 3. The molecule has 0 aliphatic heterocycles. The summed E-state index contributed by atoms with van der Waals surface area (Å²) in [5.74, 6) is 0.328. The number of hydrogen-bond donors (Lipinski definition) is 1. The van der Waals surface area contributed by atoms with Crippen molar-refractivity contribution < 1.29 is 27.5 Å². The molecule has 9 nitrogen and oxygen atoms in total. The lowest BCUT2D eigenvalue weighted by atomic mass is 10.1. The first-order chi connectivity index (χ1) is 18.6. The quantitative estimate of drug-likeness (QED) is 0.366. The Morgan fingerprint density at radius 3 is 2.05 bits per heavy atom. The van der Waals surface area contributed by atoms with Gasteiger partial charge in [0.2, 0.25) is 11.8 Å². The van der Waals surface area contributed by atoms with Crippen LogP contribution in [0.1, 0.15) is 25.0 Å². The monoisotopic (exact) mass is 553 g/mol. The largest absolute Gasteiger partial charge is 0.497 e. The van der Waals surface area contributed by atoms with E-state index in [-0.39, 0.29) is 17.3 Å². The highest BCUT2D eigenvalue weighted by molar-refractivity contribution is 7.92. The first-order valence-electron chi connectivity index (χ1n) is 12.6. The average molecular weight is 554 g/mol. The molecule has 39 heavy (non-hydrogen) atoms. The van der Waals surface area contributed by atoms with E-state index in [0.717, 1.165) is 15.4 Å². The van der Waals surface area contributed by atoms with Gasteiger partial charge in [0.25, 0.3) is 10.0 Å². The van der Waals surface area contributed by atoms with Crippen LogP contribution in [0, 0.1) is 6.92 Å². The zero-order chi connectivity index (χ0) is 28.6. The van der Waals surface area contributed by atoms with Gasteiger partial charge >= 0.3 is 0 Å². The Hall–Kier alpha value is -4.05. The molecule has 0 radical (unpaired) electrons. The van der Waals surface area contributed by atoms with Crippen LogP contribution in [0.2, 0.25) is 0 Å². The van der Waals surface area contributed by atoms with E-state index >= 15 is 0 Å². The van der Waals surface area contributed by atoms with Crippen molar-refractivity contribution in [1.29, 1.82) is 0 Å². The molecule has 0 spiro atoms. The maximum absolute atomic E-state index is 13.8. The zero-order valence-corrected chi connectivity index (χ0v) is 23.7. The summed E-state index contributed by atoms with van der Waals surface area (Å²) in [6, 6.07) is 19.2. The molecule has 0 aliphatic rings. The number of nitrogens with one attached hydrogen (secondary N) is 1. The van der Waals surface area contributed by atoms with Gasteiger partial charge in [-0.3, -0.25) is 13.9 Å². The average Bonchev–Trinajstić information content (AvgIpc) is 2.94. The van der Waals surface area contributed by atoms with Crippen molar-refractivity contribution in [2.45, 2.75) is 38.3 Å². The molecule has 0 saturated heterocycles. The van der Waals surface area contributed by atoms with Crippen LogP contribution in [0.3, 0.4) is 0 Å². The molecule has 0 unspecified atom stereocenters. The van der Waals surface area contributed by atoms with Crippen LogP contribution in [-0.4, -0.2) is 58.5 Å². The number of rotatable bonds is 12. The molecule has 0 heterocycles. The fourth-order valence-corrected chi connectivity index (χ4v) is 5.37. The van der Waals surface area contributed by atoms with E-state index in [1.165, 1.54) is 24.1 Å². The second-order valence-corrected chi connectivity index (χ2v) is 10.8. The fourth-order valence-electron chi connectivity index (χ4n) is 3.96. The van der Waals surface area contributed by atoms with E-state index in [1.807, 2.05) is 13.8 Å². The topological polar surface area (TPSA) is 105 Å². The molecule has 0 saturated carbocycles. The summed E-state index contributed by atoms with van der Waals surface area (Å²) in [5.41, 5.74) is 1.96. The molecule has 1 atom stereocenters. The number of aryl methyl sites for hydroxylation is 1. The molecular formula is C29H35N3O6S. The summed E-state index contributed by atoms with van der Waals surface area (Å²) < 4.78 is 39.4. The second-order valence-electron chi connectivity index (χ2n) is 8.91. The molecule has 3 aromatic carbocycles. The van der Waals surface area contributed by atoms with Crippen molar-refractivity contribution in [3.8, 4) is 11.5 Å². The van der Waals surface area contributed by atoms with Crippen LogP contribution in [-0.2, 0) is 26.2 Å². The Kier molecular flexibility index (Phi) is 9.95. The van der Waals surface area contributed by atoms with Crippen molar-refractivity contribution in [2.24, 2.45) is 0 Å². The number of anilines is 1. The van der Waals surface area contributed by atoms with Gasteiger partial charge in [0.15, 0.2) is 0 Å². The maximum atomic E-state index is 13.8. The number of amides is 2. The minimum Gasteiger partial charge on any atom is -0.497 e. The molecule has 3 aromatic rings. The number of sulfonamides is 1. The van der Waals surface area contributed by atoms with Crippen molar-refractivity contribution in [1.82, 2.24) is 10.2 Å². The molecule has 0 aromatic heterocycles. The summed E-state index contributed by atoms with van der Waals surface area (Å²) in [7, 11) is -1.08. The highest BCUT2D eigenvalue weighted by Crippen LogP contribution is 2.27. The first kappa shape index (κ1) is 29.5. The minimum absolute atomic E-state index is 0.0517. The Morgan fingerprint density at radius 1 is 0.923 bits per heavy atom. The molecular weight excluding hydrogens is 518 g/mol. The highest BCUT2D eigenvalue weighted by Gasteiger charge is 2.32. The van der Waals surface area contributed by atoms with Crippen LogP contribution >= 0.6 is 0 Å². The lowest BCUT2D eigenvalue weighted by molar-refractivity contribution is -0.139. The lowest BCUT2D eigenvalue weighted by Gasteiger charge is -2.31. The van der Waals surface area contributed by atoms with Gasteiger partial charge in [-0.2, -0.15) is 0 Å². The third-order valence-corrected chi connectivity index (χ3v) is 8.04. The Balaban J connectivity index is 2.01. The summed E-state index contributed by atoms with van der Waals surface area (Å²) in [5, 5.41) is 2.57. The number of hydrogen-bond acceptors (Lipinski definition) is 6. The van der Waals surface area contributed by atoms with Crippen molar-refractivity contribution >= 4 is 27.5 Å². The van der Waals surface area contributed by atoms with Crippen LogP contribution in [0.15, 0.2) is 77.7 Å². The maximum Gasteiger partial charge on any atom is 0.264 e. The van der Waals surface area contributed by atoms with Gasteiger partial charge in [-0.25, -0.2) is 8.42 Å². The highest BCUT2D eigenvalue weighted by atomic mass is 32.2. The Labute approximate surface area is 230 Å². The molecule has 0 bridgehead atoms. The number of methoxy groups -OCH3 is 1. The van der Waals surface area contributed by atoms with Crippen LogP contribution < -0.4 is 19.1 Å². The van der Waals surface area contributed by atoms with E-state index in [0.29, 0.717) is 23.8 Å². The lowest BCUT2D eigenvalue weighted by Crippen LogP contribution is -2.50. The predicted octanol–water partition coefficient (Wildman–Crippen LogP) is 3.76. The van der Waals surface area contributed by atoms with Gasteiger partial charge in [0.05, 0.1) is 24.3 Å². The minimum atomic E-state index is -4.13. The standard InChI is InChI=1S/C29H35N3O6S/c1-6-38-26-15-11-24(12-16-26)32(39(35,36)27-17-7-21(2)8-18-27)20-28(33)31(22(3)29(34)30-4)19-23-9-13-25(37-5)14-10-23/h7-18,22H,6,19-20H2,1-5H3,(H,30,34)/t22-/m0/s1. The third-order valence-electron chi connectivity index (χ3n) is 6.25. The van der Waals surface area contributed by atoms with Crippen LogP contribution in [0.5, 0.6) is 11.5 Å². The molecule has 208 valence electrons. The van der Waals surface area contributed by atoms with Crippen molar-refractivity contribution in [2.75, 3.05) is 31.6 Å². The summed E-state index contributed by atoms with van der Waals surface area (Å²) in [6.07, 6.45) is 0. The third kappa shape index (κ3) is 7.29. The molecule has 1 N–H and O–H groups in total. The Morgan fingerprint density at radius 2 is 1.51 bits per heavy atom. The summed E-state index contributed by atoms with van der Waals surface area (Å²) in [6.45, 7) is 5.37. The van der Waals surface area contributed by atoms with E-state index in [4.69, 9.17) is 9.47 Å². The smallest absolute Gasteiger partial charge is 0.264 e. The number of ether oxygens (including phenoxy) is 2. The van der Waals surface area contributed by atoms with Gasteiger partial charge in [-0.15, -0.1) is 0 Å². The second kappa shape index (κ2) is 13.1. The van der Waals surface area contributed by atoms with Gasteiger partial charge in [-0.05, 0) is 74.9 Å². The van der Waals surface area contributed by atoms with Gasteiger partial charge < -0.3 is 19.7 Å². The normalized spacial score (nSPS) is 11.8. The first-order valence-corrected chi connectivity index (χ1v) is 14.0. The van der Waals surface area contributed by atoms with Crippen molar-refractivity contribution in [3.63, 3.8) is 0 Å². The SMILES string of the molecule is CCOc1ccc(N(CC(=O)N(Cc2ccc(OC)cc2)[C@@H](C)C(=O)NC)S(=O)(=O)c2ccc(C)cc2)cc1. The number of likely N-dealkylation sites (N-methyl/N-ethyl adjacent to an activating group) is 1. The molecule has 3 rings (SSSR count). The van der Waals surface area contributed by atoms with E-state index in [9.17, 15) is 18.0 Å². The molecule has 0 fully saturated rings. The van der Waals surface area contributed by atoms with Gasteiger partial charge in [0.1, 0.15) is 24.1 Å². The summed E-state index contributed by atoms with van der Waals surface area (Å²) in [4.78, 5) is 27.8. The molecule has 10 heteroatoms. The van der Waals surface area contributed by atoms with E-state index in [1.54, 1.807) is 74.7 Å². The number of carbonyl (C=O) groups is 2. The van der Waals surface area contributed by atoms with Crippen LogP contribution in [0.25, 0.3) is 0 Å². The molecule has 0 aliphatic carbocycles. The van der Waals surface area contributed by atoms with E-state index < -0.39 is 28.5 Å². The predicted molar refractivity (Wildman–Crippen MR) is 150 cm³/mol. The van der Waals surface area contributed by atoms with Crippen molar-refractivity contribution in [3.05, 3.63) is 83.9 Å². The number of nitrogens with zero attached hydrogens (tertiary/aromatic N) is 2. The summed E-state index contributed by atoms with van der Waals surface area (Å²) >= 11 is 0. The zero-order valence-electron chi connectivity index (χ0n) is 22.9. The van der Waals surface area contributed by atoms with Crippen LogP contribution in [0.4, 0.5) is 5.69 Å². The van der Waals surface area contributed by atoms with Gasteiger partial charge in [0, 0.05) is 13.6 Å². The number of carbonyl (C=O) groups excluding carboxylic acids is 2.